The molecular weight excluding hydrogens is 373 g/mol. The van der Waals surface area contributed by atoms with Crippen LogP contribution in [0, 0.1) is 11.3 Å². The lowest BCUT2D eigenvalue weighted by Crippen LogP contribution is -2.29. The maximum atomic E-state index is 12.4. The number of hydrogen-bond acceptors (Lipinski definition) is 5. The first kappa shape index (κ1) is 18.5. The van der Waals surface area contributed by atoms with Crippen LogP contribution in [0.15, 0.2) is 41.3 Å². The van der Waals surface area contributed by atoms with E-state index in [0.29, 0.717) is 10.0 Å². The van der Waals surface area contributed by atoms with Crippen molar-refractivity contribution in [3.8, 4) is 17.6 Å². The molecule has 0 aromatic heterocycles. The van der Waals surface area contributed by atoms with Gasteiger partial charge in [-0.3, -0.25) is 0 Å². The standard InChI is InChI=1S/C15H13Cl2N3O3S/c16-11-6-12(17)8-13(7-11)23-14-2-1-10(9-19)5-15(14)24(21,22)20-4-3-18/h1-2,5-8,20H,3-4,18H2. The molecule has 2 aromatic rings. The smallest absolute Gasteiger partial charge is 0.244 e. The molecule has 0 aliphatic rings. The van der Waals surface area contributed by atoms with Gasteiger partial charge in [-0.05, 0) is 36.4 Å². The molecule has 0 bridgehead atoms. The van der Waals surface area contributed by atoms with E-state index in [-0.39, 0.29) is 35.0 Å². The van der Waals surface area contributed by atoms with E-state index >= 15 is 0 Å². The summed E-state index contributed by atoms with van der Waals surface area (Å²) in [5, 5.41) is 9.68. The van der Waals surface area contributed by atoms with Crippen molar-refractivity contribution in [1.29, 1.82) is 5.26 Å². The van der Waals surface area contributed by atoms with Crippen molar-refractivity contribution in [2.24, 2.45) is 5.73 Å². The third kappa shape index (κ3) is 4.60. The topological polar surface area (TPSA) is 105 Å². The van der Waals surface area contributed by atoms with Gasteiger partial charge in [0.05, 0.1) is 11.6 Å². The van der Waals surface area contributed by atoms with Gasteiger partial charge in [-0.2, -0.15) is 5.26 Å². The lowest BCUT2D eigenvalue weighted by molar-refractivity contribution is 0.466. The molecule has 0 amide bonds. The molecule has 126 valence electrons. The number of ether oxygens (including phenoxy) is 1. The van der Waals surface area contributed by atoms with Crippen LogP contribution >= 0.6 is 23.2 Å². The summed E-state index contributed by atoms with van der Waals surface area (Å²) in [5.74, 6) is 0.310. The van der Waals surface area contributed by atoms with Crippen LogP contribution in [0.1, 0.15) is 5.56 Å². The zero-order chi connectivity index (χ0) is 17.7. The number of nitrogens with two attached hydrogens (primary N) is 1. The maximum Gasteiger partial charge on any atom is 0.244 e. The van der Waals surface area contributed by atoms with Crippen LogP contribution in [-0.2, 0) is 10.0 Å². The number of hydrogen-bond donors (Lipinski definition) is 2. The van der Waals surface area contributed by atoms with Crippen LogP contribution in [-0.4, -0.2) is 21.5 Å². The SMILES string of the molecule is N#Cc1ccc(Oc2cc(Cl)cc(Cl)c2)c(S(=O)(=O)NCCN)c1. The van der Waals surface area contributed by atoms with Crippen molar-refractivity contribution in [1.82, 2.24) is 4.72 Å². The van der Waals surface area contributed by atoms with Crippen molar-refractivity contribution in [3.63, 3.8) is 0 Å². The number of halogens is 2. The summed E-state index contributed by atoms with van der Waals surface area (Å²) >= 11 is 11.8. The Morgan fingerprint density at radius 3 is 2.42 bits per heavy atom. The minimum atomic E-state index is -3.90. The number of nitriles is 1. The van der Waals surface area contributed by atoms with Gasteiger partial charge in [0.25, 0.3) is 0 Å². The Balaban J connectivity index is 2.48. The van der Waals surface area contributed by atoms with E-state index in [4.69, 9.17) is 38.9 Å². The molecule has 0 fully saturated rings. The molecule has 0 unspecified atom stereocenters. The van der Waals surface area contributed by atoms with E-state index in [9.17, 15) is 8.42 Å². The third-order valence-corrected chi connectivity index (χ3v) is 4.78. The number of nitrogens with zero attached hydrogens (tertiary/aromatic N) is 1. The quantitative estimate of drug-likeness (QED) is 0.794. The van der Waals surface area contributed by atoms with Crippen LogP contribution in [0.3, 0.4) is 0 Å². The minimum Gasteiger partial charge on any atom is -0.456 e. The molecule has 0 atom stereocenters. The summed E-state index contributed by atoms with van der Waals surface area (Å²) in [6.45, 7) is 0.193. The number of sulfonamides is 1. The maximum absolute atomic E-state index is 12.4. The number of benzene rings is 2. The van der Waals surface area contributed by atoms with Crippen LogP contribution < -0.4 is 15.2 Å². The number of rotatable bonds is 6. The molecular formula is C15H13Cl2N3O3S. The highest BCUT2D eigenvalue weighted by atomic mass is 35.5. The largest absolute Gasteiger partial charge is 0.456 e. The molecule has 0 radical (unpaired) electrons. The average Bonchev–Trinajstić information content (AvgIpc) is 2.52. The highest BCUT2D eigenvalue weighted by Gasteiger charge is 2.20. The molecule has 2 rings (SSSR count). The second-order valence-electron chi connectivity index (χ2n) is 4.67. The van der Waals surface area contributed by atoms with Crippen LogP contribution in [0.2, 0.25) is 10.0 Å². The summed E-state index contributed by atoms with van der Waals surface area (Å²) in [5.41, 5.74) is 5.51. The van der Waals surface area contributed by atoms with Crippen LogP contribution in [0.25, 0.3) is 0 Å². The van der Waals surface area contributed by atoms with Crippen molar-refractivity contribution < 1.29 is 13.2 Å². The van der Waals surface area contributed by atoms with Gasteiger partial charge in [0, 0.05) is 23.1 Å². The Bertz CT molecular complexity index is 875. The Morgan fingerprint density at radius 1 is 1.17 bits per heavy atom. The van der Waals surface area contributed by atoms with E-state index in [1.165, 1.54) is 36.4 Å². The van der Waals surface area contributed by atoms with Gasteiger partial charge >= 0.3 is 0 Å². The Morgan fingerprint density at radius 2 is 1.83 bits per heavy atom. The van der Waals surface area contributed by atoms with Crippen LogP contribution in [0.4, 0.5) is 0 Å². The highest BCUT2D eigenvalue weighted by molar-refractivity contribution is 7.89. The molecule has 0 heterocycles. The van der Waals surface area contributed by atoms with Crippen molar-refractivity contribution in [2.45, 2.75) is 4.90 Å². The first-order valence-electron chi connectivity index (χ1n) is 6.73. The van der Waals surface area contributed by atoms with Crippen LogP contribution in [0.5, 0.6) is 11.5 Å². The molecule has 2 aromatic carbocycles. The zero-order valence-corrected chi connectivity index (χ0v) is 14.6. The summed E-state index contributed by atoms with van der Waals surface area (Å²) in [4.78, 5) is -0.175. The van der Waals surface area contributed by atoms with E-state index in [1.807, 2.05) is 6.07 Å². The first-order valence-corrected chi connectivity index (χ1v) is 8.97. The zero-order valence-electron chi connectivity index (χ0n) is 12.3. The Kier molecular flexibility index (Phi) is 6.04. The van der Waals surface area contributed by atoms with Gasteiger partial charge in [-0.15, -0.1) is 0 Å². The second kappa shape index (κ2) is 7.83. The van der Waals surface area contributed by atoms with Gasteiger partial charge in [-0.25, -0.2) is 13.1 Å². The lowest BCUT2D eigenvalue weighted by atomic mass is 10.2. The van der Waals surface area contributed by atoms with Gasteiger partial charge in [0.15, 0.2) is 0 Å². The molecule has 0 saturated heterocycles. The lowest BCUT2D eigenvalue weighted by Gasteiger charge is -2.13. The summed E-state index contributed by atoms with van der Waals surface area (Å²) in [6.07, 6.45) is 0. The van der Waals surface area contributed by atoms with E-state index in [1.54, 1.807) is 0 Å². The molecule has 0 spiro atoms. The molecule has 0 saturated carbocycles. The fraction of sp³-hybridized carbons (Fsp3) is 0.133. The monoisotopic (exact) mass is 385 g/mol. The van der Waals surface area contributed by atoms with E-state index < -0.39 is 10.0 Å². The highest BCUT2D eigenvalue weighted by Crippen LogP contribution is 2.32. The molecule has 24 heavy (non-hydrogen) atoms. The Labute approximate surface area is 149 Å². The fourth-order valence-electron chi connectivity index (χ4n) is 1.86. The predicted molar refractivity (Wildman–Crippen MR) is 91.9 cm³/mol. The van der Waals surface area contributed by atoms with Gasteiger partial charge in [0.2, 0.25) is 10.0 Å². The molecule has 0 aliphatic heterocycles. The fourth-order valence-corrected chi connectivity index (χ4v) is 3.56. The summed E-state index contributed by atoms with van der Waals surface area (Å²) in [6, 6.07) is 10.5. The summed E-state index contributed by atoms with van der Waals surface area (Å²) < 4.78 is 32.7. The molecule has 6 nitrogen and oxygen atoms in total. The van der Waals surface area contributed by atoms with E-state index in [0.717, 1.165) is 0 Å². The van der Waals surface area contributed by atoms with Crippen molar-refractivity contribution >= 4 is 33.2 Å². The third-order valence-electron chi connectivity index (χ3n) is 2.86. The molecule has 3 N–H and O–H groups in total. The van der Waals surface area contributed by atoms with E-state index in [2.05, 4.69) is 4.72 Å². The second-order valence-corrected chi connectivity index (χ2v) is 7.28. The Hall–Kier alpha value is -1.82. The summed E-state index contributed by atoms with van der Waals surface area (Å²) in [7, 11) is -3.90. The van der Waals surface area contributed by atoms with Gasteiger partial charge in [0.1, 0.15) is 16.4 Å². The van der Waals surface area contributed by atoms with Crippen molar-refractivity contribution in [2.75, 3.05) is 13.1 Å². The predicted octanol–water partition coefficient (Wildman–Crippen LogP) is 2.89. The van der Waals surface area contributed by atoms with Gasteiger partial charge in [-0.1, -0.05) is 23.2 Å². The number of nitrogens with one attached hydrogen (secondary N) is 1. The van der Waals surface area contributed by atoms with Crippen molar-refractivity contribution in [3.05, 3.63) is 52.0 Å². The average molecular weight is 386 g/mol. The normalized spacial score (nSPS) is 11.1. The minimum absolute atomic E-state index is 0.0388. The molecule has 0 aliphatic carbocycles. The first-order chi connectivity index (χ1) is 11.4. The van der Waals surface area contributed by atoms with Gasteiger partial charge < -0.3 is 10.5 Å². The molecule has 9 heteroatoms.